The maximum Gasteiger partial charge on any atom is 0.498 e. The lowest BCUT2D eigenvalue weighted by Gasteiger charge is -2.34. The lowest BCUT2D eigenvalue weighted by molar-refractivity contribution is 0.00578. The standard InChI is InChI=1S/C18H30BN3O4/c1-12-10-21(15(23)24-16(2,3)4)11-14-13(9-20-22(12)14)19-25-17(5,6)18(7,8)26-19/h9,12H,10-11H2,1-8H3/t12-/m1/s1. The molecule has 8 heteroatoms. The first kappa shape index (κ1) is 19.2. The van der Waals surface area contributed by atoms with Gasteiger partial charge < -0.3 is 18.9 Å². The van der Waals surface area contributed by atoms with E-state index in [0.29, 0.717) is 13.1 Å². The zero-order valence-corrected chi connectivity index (χ0v) is 17.1. The maximum atomic E-state index is 12.5. The third-order valence-corrected chi connectivity index (χ3v) is 5.33. The summed E-state index contributed by atoms with van der Waals surface area (Å²) < 4.78 is 19.9. The number of nitrogens with zero attached hydrogens (tertiary/aromatic N) is 3. The van der Waals surface area contributed by atoms with E-state index in [1.165, 1.54) is 0 Å². The highest BCUT2D eigenvalue weighted by Crippen LogP contribution is 2.37. The van der Waals surface area contributed by atoms with Crippen LogP contribution in [-0.4, -0.2) is 51.2 Å². The van der Waals surface area contributed by atoms with Gasteiger partial charge in [0.15, 0.2) is 0 Å². The fourth-order valence-electron chi connectivity index (χ4n) is 3.22. The molecule has 0 bridgehead atoms. The van der Waals surface area contributed by atoms with E-state index in [0.717, 1.165) is 11.2 Å². The Kier molecular flexibility index (Phi) is 4.43. The number of carbonyl (C=O) groups is 1. The minimum Gasteiger partial charge on any atom is -0.444 e. The molecule has 7 nitrogen and oxygen atoms in total. The van der Waals surface area contributed by atoms with Gasteiger partial charge >= 0.3 is 13.2 Å². The molecule has 26 heavy (non-hydrogen) atoms. The van der Waals surface area contributed by atoms with Gasteiger partial charge in [0.05, 0.1) is 29.5 Å². The van der Waals surface area contributed by atoms with Crippen molar-refractivity contribution >= 4 is 18.7 Å². The largest absolute Gasteiger partial charge is 0.498 e. The van der Waals surface area contributed by atoms with E-state index in [2.05, 4.69) is 5.10 Å². The second kappa shape index (κ2) is 5.99. The minimum atomic E-state index is -0.521. The molecule has 1 aromatic heterocycles. The van der Waals surface area contributed by atoms with Crippen molar-refractivity contribution in [2.24, 2.45) is 0 Å². The van der Waals surface area contributed by atoms with Crippen LogP contribution >= 0.6 is 0 Å². The van der Waals surface area contributed by atoms with Crippen LogP contribution in [-0.2, 0) is 20.6 Å². The molecule has 0 radical (unpaired) electrons. The van der Waals surface area contributed by atoms with Crippen molar-refractivity contribution in [1.29, 1.82) is 0 Å². The first-order chi connectivity index (χ1) is 11.8. The Balaban J connectivity index is 1.86. The van der Waals surface area contributed by atoms with E-state index in [1.807, 2.05) is 60.1 Å². The molecular formula is C18H30BN3O4. The van der Waals surface area contributed by atoms with Crippen molar-refractivity contribution in [2.75, 3.05) is 6.54 Å². The summed E-state index contributed by atoms with van der Waals surface area (Å²) in [6, 6.07) is 0.0578. The predicted molar refractivity (Wildman–Crippen MR) is 99.3 cm³/mol. The van der Waals surface area contributed by atoms with Crippen LogP contribution in [0, 0.1) is 0 Å². The molecule has 2 aliphatic heterocycles. The van der Waals surface area contributed by atoms with Crippen molar-refractivity contribution in [3.63, 3.8) is 0 Å². The third kappa shape index (κ3) is 3.36. The van der Waals surface area contributed by atoms with Crippen molar-refractivity contribution in [1.82, 2.24) is 14.7 Å². The molecule has 1 amide bonds. The number of carbonyl (C=O) groups excluding carboxylic acids is 1. The molecule has 144 valence electrons. The average Bonchev–Trinajstić information content (AvgIpc) is 2.96. The van der Waals surface area contributed by atoms with Gasteiger partial charge in [-0.15, -0.1) is 0 Å². The summed E-state index contributed by atoms with van der Waals surface area (Å²) in [6.07, 6.45) is 1.49. The van der Waals surface area contributed by atoms with E-state index in [-0.39, 0.29) is 12.1 Å². The highest BCUT2D eigenvalue weighted by molar-refractivity contribution is 6.62. The van der Waals surface area contributed by atoms with E-state index in [9.17, 15) is 4.79 Å². The van der Waals surface area contributed by atoms with Gasteiger partial charge in [0.25, 0.3) is 0 Å². The number of hydrogen-bond donors (Lipinski definition) is 0. The summed E-state index contributed by atoms with van der Waals surface area (Å²) in [6.45, 7) is 16.8. The van der Waals surface area contributed by atoms with E-state index in [4.69, 9.17) is 14.0 Å². The first-order valence-corrected chi connectivity index (χ1v) is 9.20. The lowest BCUT2D eigenvalue weighted by Crippen LogP contribution is -2.46. The highest BCUT2D eigenvalue weighted by Gasteiger charge is 2.53. The van der Waals surface area contributed by atoms with Crippen LogP contribution in [0.15, 0.2) is 6.20 Å². The zero-order chi connectivity index (χ0) is 19.5. The Morgan fingerprint density at radius 3 is 2.38 bits per heavy atom. The molecule has 0 aromatic carbocycles. The van der Waals surface area contributed by atoms with Crippen LogP contribution in [0.25, 0.3) is 0 Å². The third-order valence-electron chi connectivity index (χ3n) is 5.33. The number of hydrogen-bond acceptors (Lipinski definition) is 5. The van der Waals surface area contributed by atoms with Crippen LogP contribution < -0.4 is 5.46 Å². The normalized spacial score (nSPS) is 24.5. The maximum absolute atomic E-state index is 12.5. The first-order valence-electron chi connectivity index (χ1n) is 9.20. The Morgan fingerprint density at radius 1 is 1.27 bits per heavy atom. The summed E-state index contributed by atoms with van der Waals surface area (Å²) >= 11 is 0. The summed E-state index contributed by atoms with van der Waals surface area (Å²) in [5.41, 5.74) is 0.457. The van der Waals surface area contributed by atoms with Gasteiger partial charge in [-0.2, -0.15) is 5.10 Å². The van der Waals surface area contributed by atoms with Gasteiger partial charge in [0.2, 0.25) is 0 Å². The summed E-state index contributed by atoms with van der Waals surface area (Å²) in [7, 11) is -0.491. The van der Waals surface area contributed by atoms with Gasteiger partial charge in [-0.1, -0.05) is 0 Å². The number of aromatic nitrogens is 2. The van der Waals surface area contributed by atoms with E-state index < -0.39 is 23.9 Å². The van der Waals surface area contributed by atoms with E-state index >= 15 is 0 Å². The molecule has 3 rings (SSSR count). The van der Waals surface area contributed by atoms with Gasteiger partial charge in [0, 0.05) is 18.2 Å². The minimum absolute atomic E-state index is 0.0578. The fourth-order valence-corrected chi connectivity index (χ4v) is 3.22. The van der Waals surface area contributed by atoms with Crippen LogP contribution in [0.5, 0.6) is 0 Å². The quantitative estimate of drug-likeness (QED) is 0.718. The molecule has 1 aromatic rings. The Bertz CT molecular complexity index is 692. The Hall–Kier alpha value is -1.54. The average molecular weight is 363 g/mol. The van der Waals surface area contributed by atoms with Crippen molar-refractivity contribution in [3.8, 4) is 0 Å². The molecule has 0 N–H and O–H groups in total. The van der Waals surface area contributed by atoms with E-state index in [1.54, 1.807) is 11.1 Å². The molecule has 1 saturated heterocycles. The predicted octanol–water partition coefficient (Wildman–Crippen LogP) is 2.49. The van der Waals surface area contributed by atoms with Gasteiger partial charge in [0.1, 0.15) is 5.60 Å². The number of rotatable bonds is 1. The molecule has 0 spiro atoms. The zero-order valence-electron chi connectivity index (χ0n) is 17.1. The SMILES string of the molecule is C[C@@H]1CN(C(=O)OC(C)(C)C)Cc2c(B3OC(C)(C)C(C)(C)O3)cnn21. The number of ether oxygens (including phenoxy) is 1. The number of amides is 1. The molecule has 1 fully saturated rings. The Morgan fingerprint density at radius 2 is 1.85 bits per heavy atom. The fraction of sp³-hybridized carbons (Fsp3) is 0.778. The van der Waals surface area contributed by atoms with Crippen LogP contribution in [0.1, 0.15) is 67.1 Å². The van der Waals surface area contributed by atoms with Crippen LogP contribution in [0.3, 0.4) is 0 Å². The molecule has 0 unspecified atom stereocenters. The van der Waals surface area contributed by atoms with Crippen LogP contribution in [0.2, 0.25) is 0 Å². The topological polar surface area (TPSA) is 65.8 Å². The molecule has 2 aliphatic rings. The molecule has 3 heterocycles. The molecule has 1 atom stereocenters. The molecule has 0 aliphatic carbocycles. The van der Waals surface area contributed by atoms with Gasteiger partial charge in [-0.05, 0) is 55.4 Å². The Labute approximate surface area is 156 Å². The summed E-state index contributed by atoms with van der Waals surface area (Å²) in [5.74, 6) is 0. The van der Waals surface area contributed by atoms with Crippen molar-refractivity contribution in [2.45, 2.75) is 84.8 Å². The van der Waals surface area contributed by atoms with Gasteiger partial charge in [-0.3, -0.25) is 4.68 Å². The number of fused-ring (bicyclic) bond motifs is 1. The second-order valence-electron chi connectivity index (χ2n) is 9.29. The smallest absolute Gasteiger partial charge is 0.444 e. The monoisotopic (exact) mass is 363 g/mol. The summed E-state index contributed by atoms with van der Waals surface area (Å²) in [4.78, 5) is 14.3. The van der Waals surface area contributed by atoms with Crippen molar-refractivity contribution in [3.05, 3.63) is 11.9 Å². The van der Waals surface area contributed by atoms with Gasteiger partial charge in [-0.25, -0.2) is 4.79 Å². The molecular weight excluding hydrogens is 333 g/mol. The second-order valence-corrected chi connectivity index (χ2v) is 9.29. The summed E-state index contributed by atoms with van der Waals surface area (Å²) in [5, 5.41) is 4.52. The highest BCUT2D eigenvalue weighted by atomic mass is 16.7. The van der Waals surface area contributed by atoms with Crippen LogP contribution in [0.4, 0.5) is 4.79 Å². The lowest BCUT2D eigenvalue weighted by atomic mass is 9.79. The van der Waals surface area contributed by atoms with Crippen molar-refractivity contribution < 1.29 is 18.8 Å². The molecule has 0 saturated carbocycles.